The molecule has 1 aliphatic heterocycles. The van der Waals surface area contributed by atoms with Crippen LogP contribution in [0.3, 0.4) is 0 Å². The Morgan fingerprint density at radius 2 is 2.33 bits per heavy atom. The molecule has 1 aromatic heterocycles. The summed E-state index contributed by atoms with van der Waals surface area (Å²) in [6, 6.07) is 0. The Morgan fingerprint density at radius 1 is 1.67 bits per heavy atom. The van der Waals surface area contributed by atoms with Crippen LogP contribution in [-0.2, 0) is 7.05 Å². The van der Waals surface area contributed by atoms with Crippen molar-refractivity contribution >= 4 is 11.7 Å². The highest BCUT2D eigenvalue weighted by Crippen LogP contribution is 2.37. The van der Waals surface area contributed by atoms with Crippen LogP contribution in [0.4, 0.5) is 5.69 Å². The van der Waals surface area contributed by atoms with Gasteiger partial charge >= 0.3 is 5.97 Å². The second-order valence-electron chi connectivity index (χ2n) is 4.35. The number of carboxylic acid groups (broad SMARTS) is 1. The lowest BCUT2D eigenvalue weighted by Crippen LogP contribution is -2.40. The van der Waals surface area contributed by atoms with Gasteiger partial charge in [0.15, 0.2) is 11.4 Å². The van der Waals surface area contributed by atoms with Gasteiger partial charge in [0.2, 0.25) is 0 Å². The summed E-state index contributed by atoms with van der Waals surface area (Å²) in [6.07, 6.45) is 1.73. The predicted octanol–water partition coefficient (Wildman–Crippen LogP) is 1.31. The molecule has 1 aliphatic rings. The molecular weight excluding hydrogens is 196 g/mol. The van der Waals surface area contributed by atoms with E-state index in [1.54, 1.807) is 17.8 Å². The number of carboxylic acids is 1. The Kier molecular flexibility index (Phi) is 1.92. The van der Waals surface area contributed by atoms with Crippen molar-refractivity contribution in [2.24, 2.45) is 7.05 Å². The van der Waals surface area contributed by atoms with Gasteiger partial charge in [-0.15, -0.1) is 0 Å². The smallest absolute Gasteiger partial charge is 0.356 e. The van der Waals surface area contributed by atoms with Crippen molar-refractivity contribution in [1.82, 2.24) is 4.57 Å². The maximum absolute atomic E-state index is 11.0. The van der Waals surface area contributed by atoms with Crippen molar-refractivity contribution in [2.75, 3.05) is 11.9 Å². The topological polar surface area (TPSA) is 63.5 Å². The van der Waals surface area contributed by atoms with Crippen LogP contribution in [0.2, 0.25) is 0 Å². The molecule has 0 saturated heterocycles. The summed E-state index contributed by atoms with van der Waals surface area (Å²) in [6.45, 7) is 4.51. The molecule has 0 atom stereocenters. The lowest BCUT2D eigenvalue weighted by Gasteiger charge is -2.31. The maximum atomic E-state index is 11.0. The van der Waals surface area contributed by atoms with Crippen LogP contribution in [-0.4, -0.2) is 27.8 Å². The van der Waals surface area contributed by atoms with E-state index in [0.29, 0.717) is 12.3 Å². The summed E-state index contributed by atoms with van der Waals surface area (Å²) in [5.41, 5.74) is 0.554. The number of anilines is 1. The highest BCUT2D eigenvalue weighted by Gasteiger charge is 2.32. The van der Waals surface area contributed by atoms with Gasteiger partial charge < -0.3 is 19.7 Å². The van der Waals surface area contributed by atoms with Gasteiger partial charge in [0.05, 0.1) is 12.2 Å². The number of nitrogens with one attached hydrogen (secondary N) is 1. The number of hydrogen-bond donors (Lipinski definition) is 2. The van der Waals surface area contributed by atoms with Crippen LogP contribution in [0.25, 0.3) is 0 Å². The van der Waals surface area contributed by atoms with Gasteiger partial charge in [-0.2, -0.15) is 0 Å². The van der Waals surface area contributed by atoms with Crippen molar-refractivity contribution in [3.63, 3.8) is 0 Å². The molecule has 2 rings (SSSR count). The number of aromatic nitrogens is 1. The van der Waals surface area contributed by atoms with Gasteiger partial charge in [-0.25, -0.2) is 4.79 Å². The quantitative estimate of drug-likeness (QED) is 0.733. The highest BCUT2D eigenvalue weighted by molar-refractivity contribution is 5.92. The third-order valence-electron chi connectivity index (χ3n) is 2.42. The van der Waals surface area contributed by atoms with Gasteiger partial charge in [0, 0.05) is 13.2 Å². The maximum Gasteiger partial charge on any atom is 0.356 e. The van der Waals surface area contributed by atoms with Gasteiger partial charge in [-0.05, 0) is 13.8 Å². The zero-order chi connectivity index (χ0) is 11.2. The van der Waals surface area contributed by atoms with E-state index < -0.39 is 5.97 Å². The van der Waals surface area contributed by atoms with Gasteiger partial charge in [0.1, 0.15) is 5.60 Å². The molecule has 0 bridgehead atoms. The van der Waals surface area contributed by atoms with Gasteiger partial charge in [-0.3, -0.25) is 0 Å². The molecule has 0 aromatic carbocycles. The molecule has 1 aromatic rings. The van der Waals surface area contributed by atoms with Crippen LogP contribution >= 0.6 is 0 Å². The minimum absolute atomic E-state index is 0.185. The monoisotopic (exact) mass is 210 g/mol. The predicted molar refractivity (Wildman–Crippen MR) is 55.6 cm³/mol. The average molecular weight is 210 g/mol. The second-order valence-corrected chi connectivity index (χ2v) is 4.35. The lowest BCUT2D eigenvalue weighted by atomic mass is 10.1. The minimum atomic E-state index is -0.974. The molecule has 5 nitrogen and oxygen atoms in total. The number of carbonyl (C=O) groups is 1. The SMILES string of the molecule is Cn1cc2c(c1C(=O)O)OC(C)(C)CN2. The Hall–Kier alpha value is -1.65. The van der Waals surface area contributed by atoms with Crippen molar-refractivity contribution in [3.8, 4) is 5.75 Å². The zero-order valence-electron chi connectivity index (χ0n) is 9.00. The van der Waals surface area contributed by atoms with E-state index in [2.05, 4.69) is 5.32 Å². The van der Waals surface area contributed by atoms with Crippen LogP contribution in [0.15, 0.2) is 6.20 Å². The summed E-state index contributed by atoms with van der Waals surface area (Å²) in [5, 5.41) is 12.2. The van der Waals surface area contributed by atoms with Crippen LogP contribution in [0.5, 0.6) is 5.75 Å². The molecule has 0 radical (unpaired) electrons. The molecule has 0 aliphatic carbocycles. The summed E-state index contributed by atoms with van der Waals surface area (Å²) >= 11 is 0. The first kappa shape index (κ1) is 9.89. The fourth-order valence-electron chi connectivity index (χ4n) is 1.70. The van der Waals surface area contributed by atoms with Crippen LogP contribution < -0.4 is 10.1 Å². The van der Waals surface area contributed by atoms with E-state index in [1.165, 1.54) is 0 Å². The Morgan fingerprint density at radius 3 is 2.93 bits per heavy atom. The number of nitrogens with zero attached hydrogens (tertiary/aromatic N) is 1. The average Bonchev–Trinajstić information content (AvgIpc) is 2.38. The summed E-state index contributed by atoms with van der Waals surface area (Å²) in [7, 11) is 1.69. The van der Waals surface area contributed by atoms with E-state index >= 15 is 0 Å². The zero-order valence-corrected chi connectivity index (χ0v) is 9.00. The number of aryl methyl sites for hydroxylation is 1. The van der Waals surface area contributed by atoms with Crippen LogP contribution in [0.1, 0.15) is 24.3 Å². The summed E-state index contributed by atoms with van der Waals surface area (Å²) in [5.74, 6) is -0.542. The van der Waals surface area contributed by atoms with Crippen molar-refractivity contribution in [2.45, 2.75) is 19.4 Å². The Bertz CT molecular complexity index is 421. The normalized spacial score (nSPS) is 17.5. The van der Waals surface area contributed by atoms with Gasteiger partial charge in [0.25, 0.3) is 0 Å². The Labute approximate surface area is 87.7 Å². The van der Waals surface area contributed by atoms with E-state index in [-0.39, 0.29) is 11.3 Å². The molecule has 5 heteroatoms. The third kappa shape index (κ3) is 1.54. The molecule has 2 heterocycles. The molecule has 0 saturated carbocycles. The fourth-order valence-corrected chi connectivity index (χ4v) is 1.70. The van der Waals surface area contributed by atoms with E-state index in [9.17, 15) is 4.79 Å². The molecule has 0 amide bonds. The number of rotatable bonds is 1. The molecule has 2 N–H and O–H groups in total. The first-order valence-electron chi connectivity index (χ1n) is 4.76. The van der Waals surface area contributed by atoms with E-state index in [0.717, 1.165) is 5.69 Å². The molecule has 0 fully saturated rings. The number of aromatic carboxylic acids is 1. The third-order valence-corrected chi connectivity index (χ3v) is 2.42. The van der Waals surface area contributed by atoms with E-state index in [1.807, 2.05) is 13.8 Å². The molecule has 82 valence electrons. The number of fused-ring (bicyclic) bond motifs is 1. The fraction of sp³-hybridized carbons (Fsp3) is 0.500. The first-order chi connectivity index (χ1) is 6.91. The molecule has 0 spiro atoms. The molecular formula is C10H14N2O3. The minimum Gasteiger partial charge on any atom is -0.481 e. The molecule has 0 unspecified atom stereocenters. The first-order valence-corrected chi connectivity index (χ1v) is 4.76. The Balaban J connectivity index is 2.51. The standard InChI is InChI=1S/C10H14N2O3/c1-10(2)5-11-6-4-12(3)7(9(13)14)8(6)15-10/h4,11H,5H2,1-3H3,(H,13,14). The van der Waals surface area contributed by atoms with Crippen molar-refractivity contribution in [3.05, 3.63) is 11.9 Å². The van der Waals surface area contributed by atoms with Gasteiger partial charge in [-0.1, -0.05) is 0 Å². The van der Waals surface area contributed by atoms with Crippen molar-refractivity contribution in [1.29, 1.82) is 0 Å². The number of hydrogen-bond acceptors (Lipinski definition) is 3. The lowest BCUT2D eigenvalue weighted by molar-refractivity contribution is 0.0665. The molecule has 15 heavy (non-hydrogen) atoms. The second kappa shape index (κ2) is 2.92. The van der Waals surface area contributed by atoms with Crippen molar-refractivity contribution < 1.29 is 14.6 Å². The largest absolute Gasteiger partial charge is 0.481 e. The van der Waals surface area contributed by atoms with E-state index in [4.69, 9.17) is 9.84 Å². The van der Waals surface area contributed by atoms with Crippen LogP contribution in [0, 0.1) is 0 Å². The summed E-state index contributed by atoms with van der Waals surface area (Å²) in [4.78, 5) is 11.0. The number of ether oxygens (including phenoxy) is 1. The highest BCUT2D eigenvalue weighted by atomic mass is 16.5. The summed E-state index contributed by atoms with van der Waals surface area (Å²) < 4.78 is 7.23.